The van der Waals surface area contributed by atoms with E-state index in [0.717, 1.165) is 34.3 Å². The van der Waals surface area contributed by atoms with Crippen LogP contribution >= 0.6 is 11.3 Å². The fourth-order valence-corrected chi connectivity index (χ4v) is 2.82. The van der Waals surface area contributed by atoms with Crippen LogP contribution in [-0.2, 0) is 6.42 Å². The molecular weight excluding hydrogens is 246 g/mol. The van der Waals surface area contributed by atoms with Crippen LogP contribution in [0, 0.1) is 13.8 Å². The van der Waals surface area contributed by atoms with Gasteiger partial charge in [0.2, 0.25) is 0 Å². The molecule has 0 fully saturated rings. The topological polar surface area (TPSA) is 61.1 Å². The van der Waals surface area contributed by atoms with Gasteiger partial charge in [-0.25, -0.2) is 9.97 Å². The molecule has 0 spiro atoms. The van der Waals surface area contributed by atoms with E-state index in [4.69, 9.17) is 5.73 Å². The molecule has 0 bridgehead atoms. The van der Waals surface area contributed by atoms with Crippen molar-refractivity contribution in [3.8, 4) is 5.82 Å². The van der Waals surface area contributed by atoms with Crippen molar-refractivity contribution in [2.45, 2.75) is 20.3 Å². The molecule has 0 atom stereocenters. The Morgan fingerprint density at radius 3 is 2.89 bits per heavy atom. The maximum absolute atomic E-state index is 5.71. The molecule has 0 saturated heterocycles. The molecule has 2 N–H and O–H groups in total. The van der Waals surface area contributed by atoms with Gasteiger partial charge in [-0.3, -0.25) is 8.97 Å². The number of imidazole rings is 2. The van der Waals surface area contributed by atoms with Crippen molar-refractivity contribution in [2.24, 2.45) is 5.73 Å². The van der Waals surface area contributed by atoms with Gasteiger partial charge in [-0.2, -0.15) is 0 Å². The predicted octanol–water partition coefficient (Wildman–Crippen LogP) is 1.70. The predicted molar refractivity (Wildman–Crippen MR) is 72.4 cm³/mol. The third-order valence-corrected chi connectivity index (χ3v) is 3.96. The summed E-state index contributed by atoms with van der Waals surface area (Å²) in [5.74, 6) is 0.949. The number of fused-ring (bicyclic) bond motifs is 1. The summed E-state index contributed by atoms with van der Waals surface area (Å²) in [6, 6.07) is 0. The van der Waals surface area contributed by atoms with Crippen molar-refractivity contribution in [1.82, 2.24) is 18.9 Å². The summed E-state index contributed by atoms with van der Waals surface area (Å²) in [4.78, 5) is 10.0. The van der Waals surface area contributed by atoms with Crippen LogP contribution in [0.15, 0.2) is 17.9 Å². The van der Waals surface area contributed by atoms with Crippen molar-refractivity contribution in [2.75, 3.05) is 6.54 Å². The van der Waals surface area contributed by atoms with E-state index in [1.54, 1.807) is 11.3 Å². The van der Waals surface area contributed by atoms with Gasteiger partial charge in [-0.15, -0.1) is 11.3 Å². The van der Waals surface area contributed by atoms with Crippen LogP contribution in [0.4, 0.5) is 0 Å². The molecule has 3 aromatic heterocycles. The lowest BCUT2D eigenvalue weighted by atomic mass is 10.3. The molecule has 0 aliphatic heterocycles. The molecule has 0 amide bonds. The quantitative estimate of drug-likeness (QED) is 0.780. The zero-order valence-corrected chi connectivity index (χ0v) is 11.2. The Hall–Kier alpha value is -1.66. The first-order valence-corrected chi connectivity index (χ1v) is 6.75. The van der Waals surface area contributed by atoms with Gasteiger partial charge in [0.25, 0.3) is 0 Å². The molecule has 0 aromatic carbocycles. The zero-order valence-electron chi connectivity index (χ0n) is 10.4. The first-order valence-electron chi connectivity index (χ1n) is 5.87. The Bertz CT molecular complexity index is 691. The maximum atomic E-state index is 5.71. The number of hydrogen-bond acceptors (Lipinski definition) is 4. The van der Waals surface area contributed by atoms with Crippen molar-refractivity contribution < 1.29 is 0 Å². The second-order valence-corrected chi connectivity index (χ2v) is 5.13. The summed E-state index contributed by atoms with van der Waals surface area (Å²) in [5.41, 5.74) is 9.01. The number of rotatable bonds is 3. The van der Waals surface area contributed by atoms with Gasteiger partial charge in [0, 0.05) is 23.7 Å². The highest BCUT2D eigenvalue weighted by molar-refractivity contribution is 7.15. The molecule has 0 aliphatic carbocycles. The number of nitrogens with two attached hydrogens (primary N) is 1. The number of aryl methyl sites for hydroxylation is 1. The Labute approximate surface area is 109 Å². The van der Waals surface area contributed by atoms with Gasteiger partial charge in [-0.1, -0.05) is 0 Å². The average molecular weight is 261 g/mol. The van der Waals surface area contributed by atoms with E-state index >= 15 is 0 Å². The first kappa shape index (κ1) is 11.4. The number of nitrogens with zero attached hydrogens (tertiary/aromatic N) is 4. The Morgan fingerprint density at radius 1 is 1.39 bits per heavy atom. The van der Waals surface area contributed by atoms with E-state index in [1.807, 2.05) is 29.4 Å². The molecule has 94 valence electrons. The van der Waals surface area contributed by atoms with Gasteiger partial charge < -0.3 is 5.73 Å². The van der Waals surface area contributed by atoms with E-state index in [-0.39, 0.29) is 0 Å². The Balaban J connectivity index is 2.24. The minimum atomic E-state index is 0.614. The monoisotopic (exact) mass is 261 g/mol. The smallest absolute Gasteiger partial charge is 0.195 e. The number of thiazole rings is 1. The average Bonchev–Trinajstić information content (AvgIpc) is 2.99. The van der Waals surface area contributed by atoms with E-state index in [9.17, 15) is 0 Å². The summed E-state index contributed by atoms with van der Waals surface area (Å²) in [6.07, 6.45) is 4.68. The van der Waals surface area contributed by atoms with Crippen LogP contribution < -0.4 is 5.73 Å². The van der Waals surface area contributed by atoms with Crippen LogP contribution in [0.3, 0.4) is 0 Å². The third kappa shape index (κ3) is 1.57. The van der Waals surface area contributed by atoms with E-state index in [0.29, 0.717) is 6.54 Å². The highest BCUT2D eigenvalue weighted by Crippen LogP contribution is 2.22. The Kier molecular flexibility index (Phi) is 2.68. The minimum Gasteiger partial charge on any atom is -0.330 e. The fourth-order valence-electron chi connectivity index (χ4n) is 2.10. The lowest BCUT2D eigenvalue weighted by Gasteiger charge is -2.05. The minimum absolute atomic E-state index is 0.614. The molecule has 3 rings (SSSR count). The van der Waals surface area contributed by atoms with Crippen LogP contribution in [0.2, 0.25) is 0 Å². The normalized spacial score (nSPS) is 11.5. The molecule has 3 heterocycles. The largest absolute Gasteiger partial charge is 0.330 e. The van der Waals surface area contributed by atoms with E-state index < -0.39 is 0 Å². The number of aromatic nitrogens is 4. The lowest BCUT2D eigenvalue weighted by Crippen LogP contribution is -2.08. The molecule has 0 radical (unpaired) electrons. The van der Waals surface area contributed by atoms with Crippen molar-refractivity contribution >= 4 is 16.3 Å². The third-order valence-electron chi connectivity index (χ3n) is 3.20. The van der Waals surface area contributed by atoms with Gasteiger partial charge in [0.1, 0.15) is 6.33 Å². The summed E-state index contributed by atoms with van der Waals surface area (Å²) >= 11 is 1.63. The first-order chi connectivity index (χ1) is 8.72. The van der Waals surface area contributed by atoms with Crippen LogP contribution in [-0.4, -0.2) is 25.5 Å². The van der Waals surface area contributed by atoms with Gasteiger partial charge in [-0.05, 0) is 20.4 Å². The molecular formula is C12H15N5S. The van der Waals surface area contributed by atoms with E-state index in [2.05, 4.69) is 21.3 Å². The van der Waals surface area contributed by atoms with Gasteiger partial charge in [0.05, 0.1) is 11.4 Å². The second kappa shape index (κ2) is 4.22. The van der Waals surface area contributed by atoms with E-state index in [1.165, 1.54) is 0 Å². The van der Waals surface area contributed by atoms with Crippen LogP contribution in [0.1, 0.15) is 17.1 Å². The molecule has 3 aromatic rings. The van der Waals surface area contributed by atoms with Crippen LogP contribution in [0.25, 0.3) is 10.8 Å². The lowest BCUT2D eigenvalue weighted by molar-refractivity contribution is 0.868. The molecule has 0 saturated carbocycles. The zero-order chi connectivity index (χ0) is 12.7. The molecule has 5 nitrogen and oxygen atoms in total. The van der Waals surface area contributed by atoms with Gasteiger partial charge >= 0.3 is 0 Å². The summed E-state index contributed by atoms with van der Waals surface area (Å²) < 4.78 is 4.15. The highest BCUT2D eigenvalue weighted by atomic mass is 32.1. The fraction of sp³-hybridized carbons (Fsp3) is 0.333. The van der Waals surface area contributed by atoms with Crippen molar-refractivity contribution in [1.29, 1.82) is 0 Å². The second-order valence-electron chi connectivity index (χ2n) is 4.26. The van der Waals surface area contributed by atoms with Gasteiger partial charge in [0.15, 0.2) is 10.8 Å². The molecule has 6 heteroatoms. The Morgan fingerprint density at radius 2 is 2.22 bits per heavy atom. The molecule has 0 aliphatic rings. The summed E-state index contributed by atoms with van der Waals surface area (Å²) in [6.45, 7) is 4.68. The molecule has 0 unspecified atom stereocenters. The number of hydrogen-bond donors (Lipinski definition) is 1. The maximum Gasteiger partial charge on any atom is 0.195 e. The highest BCUT2D eigenvalue weighted by Gasteiger charge is 2.16. The summed E-state index contributed by atoms with van der Waals surface area (Å²) in [7, 11) is 0. The van der Waals surface area contributed by atoms with Crippen molar-refractivity contribution in [3.63, 3.8) is 0 Å². The SMILES string of the molecule is Cc1ncn(-c2nc3sccn3c2CCN)c1C. The summed E-state index contributed by atoms with van der Waals surface area (Å²) in [5, 5.41) is 2.04. The standard InChI is InChI=1S/C12H15N5S/c1-8-9(2)17(7-14-8)11-10(3-4-13)16-5-6-18-12(16)15-11/h5-7H,3-4,13H2,1-2H3. The van der Waals surface area contributed by atoms with Crippen LogP contribution in [0.5, 0.6) is 0 Å². The van der Waals surface area contributed by atoms with Crippen molar-refractivity contribution in [3.05, 3.63) is 35.0 Å². The molecule has 18 heavy (non-hydrogen) atoms.